The molecule has 78 valence electrons. The van der Waals surface area contributed by atoms with Crippen LogP contribution in [0.5, 0.6) is 5.88 Å². The molecule has 1 rings (SSSR count). The topological polar surface area (TPSA) is 48.1 Å². The number of pyridine rings is 1. The van der Waals surface area contributed by atoms with Crippen LogP contribution in [0.3, 0.4) is 0 Å². The second-order valence-electron chi connectivity index (χ2n) is 3.73. The normalized spacial score (nSPS) is 12.9. The number of hydrogen-bond donors (Lipinski definition) is 1. The Bertz CT molecular complexity index is 286. The lowest BCUT2D eigenvalue weighted by Gasteiger charge is -2.12. The summed E-state index contributed by atoms with van der Waals surface area (Å²) in [6.07, 6.45) is 1.92. The highest BCUT2D eigenvalue weighted by atomic mass is 16.5. The zero-order chi connectivity index (χ0) is 10.6. The maximum atomic E-state index is 5.59. The number of nitrogens with zero attached hydrogens (tertiary/aromatic N) is 1. The number of rotatable bonds is 4. The predicted molar refractivity (Wildman–Crippen MR) is 57.5 cm³/mol. The monoisotopic (exact) mass is 194 g/mol. The van der Waals surface area contributed by atoms with E-state index < -0.39 is 0 Å². The molecule has 0 aliphatic rings. The molecule has 3 nitrogen and oxygen atoms in total. The van der Waals surface area contributed by atoms with Crippen molar-refractivity contribution >= 4 is 0 Å². The van der Waals surface area contributed by atoms with Crippen LogP contribution in [-0.4, -0.2) is 17.6 Å². The smallest absolute Gasteiger partial charge is 0.213 e. The fourth-order valence-electron chi connectivity index (χ4n) is 1.17. The minimum Gasteiger partial charge on any atom is -0.475 e. The molecule has 0 amide bonds. The maximum absolute atomic E-state index is 5.59. The molecule has 2 N–H and O–H groups in total. The van der Waals surface area contributed by atoms with Crippen molar-refractivity contribution in [1.82, 2.24) is 4.98 Å². The lowest BCUT2D eigenvalue weighted by Crippen LogP contribution is -2.10. The third kappa shape index (κ3) is 3.00. The zero-order valence-electron chi connectivity index (χ0n) is 9.03. The summed E-state index contributed by atoms with van der Waals surface area (Å²) < 4.78 is 5.50. The molecule has 14 heavy (non-hydrogen) atoms. The molecule has 3 heteroatoms. The predicted octanol–water partition coefficient (Wildman–Crippen LogP) is 1.93. The Hall–Kier alpha value is -1.09. The van der Waals surface area contributed by atoms with Crippen molar-refractivity contribution in [2.45, 2.75) is 32.8 Å². The zero-order valence-corrected chi connectivity index (χ0v) is 9.03. The molecule has 0 saturated carbocycles. The van der Waals surface area contributed by atoms with E-state index in [-0.39, 0.29) is 6.10 Å². The fraction of sp³-hybridized carbons (Fsp3) is 0.545. The van der Waals surface area contributed by atoms with Crippen molar-refractivity contribution in [2.24, 2.45) is 5.73 Å². The molecule has 0 saturated heterocycles. The first kappa shape index (κ1) is 11.0. The lowest BCUT2D eigenvalue weighted by molar-refractivity contribution is 0.232. The second kappa shape index (κ2) is 4.96. The molecule has 0 aromatic carbocycles. The van der Waals surface area contributed by atoms with E-state index >= 15 is 0 Å². The summed E-state index contributed by atoms with van der Waals surface area (Å²) in [4.78, 5) is 4.13. The first-order valence-electron chi connectivity index (χ1n) is 4.96. The minimum absolute atomic E-state index is 0.158. The van der Waals surface area contributed by atoms with Gasteiger partial charge in [-0.2, -0.15) is 0 Å². The highest BCUT2D eigenvalue weighted by Gasteiger charge is 2.05. The molecule has 0 aliphatic carbocycles. The van der Waals surface area contributed by atoms with Gasteiger partial charge in [-0.05, 0) is 37.9 Å². The van der Waals surface area contributed by atoms with Crippen molar-refractivity contribution in [3.8, 4) is 5.88 Å². The summed E-state index contributed by atoms with van der Waals surface area (Å²) in [5, 5.41) is 0. The Morgan fingerprint density at radius 2 is 2.14 bits per heavy atom. The van der Waals surface area contributed by atoms with E-state index in [9.17, 15) is 0 Å². The van der Waals surface area contributed by atoms with Gasteiger partial charge in [0.2, 0.25) is 5.88 Å². The summed E-state index contributed by atoms with van der Waals surface area (Å²) >= 11 is 0. The molecule has 0 radical (unpaired) electrons. The van der Waals surface area contributed by atoms with Gasteiger partial charge in [0.25, 0.3) is 0 Å². The molecular formula is C11H18N2O. The highest BCUT2D eigenvalue weighted by Crippen LogP contribution is 2.18. The van der Waals surface area contributed by atoms with Gasteiger partial charge in [0.1, 0.15) is 0 Å². The van der Waals surface area contributed by atoms with Gasteiger partial charge in [-0.25, -0.2) is 4.98 Å². The molecule has 1 aromatic rings. The van der Waals surface area contributed by atoms with Gasteiger partial charge in [0, 0.05) is 12.3 Å². The van der Waals surface area contributed by atoms with E-state index in [1.54, 1.807) is 6.20 Å². The van der Waals surface area contributed by atoms with Crippen LogP contribution in [0.1, 0.15) is 32.3 Å². The number of nitrogens with two attached hydrogens (primary N) is 1. The highest BCUT2D eigenvalue weighted by molar-refractivity contribution is 5.23. The first-order valence-corrected chi connectivity index (χ1v) is 4.96. The van der Waals surface area contributed by atoms with Crippen molar-refractivity contribution < 1.29 is 4.74 Å². The Morgan fingerprint density at radius 1 is 1.43 bits per heavy atom. The molecule has 1 unspecified atom stereocenters. The Morgan fingerprint density at radius 3 is 2.71 bits per heavy atom. The quantitative estimate of drug-likeness (QED) is 0.796. The third-order valence-corrected chi connectivity index (χ3v) is 2.04. The Labute approximate surface area is 85.3 Å². The van der Waals surface area contributed by atoms with E-state index in [0.717, 1.165) is 0 Å². The first-order chi connectivity index (χ1) is 6.63. The summed E-state index contributed by atoms with van der Waals surface area (Å²) in [5.41, 5.74) is 6.77. The van der Waals surface area contributed by atoms with Crippen molar-refractivity contribution in [3.63, 3.8) is 0 Å². The molecule has 1 heterocycles. The standard InChI is InChI=1S/C11H18N2O/c1-8(2)14-11-6-10(4-5-13-11)9(3)7-12/h4-6,8-9H,7,12H2,1-3H3. The molecular weight excluding hydrogens is 176 g/mol. The summed E-state index contributed by atoms with van der Waals surface area (Å²) in [6, 6.07) is 3.93. The molecule has 0 aliphatic heterocycles. The Balaban J connectivity index is 2.78. The van der Waals surface area contributed by atoms with Gasteiger partial charge in [-0.15, -0.1) is 0 Å². The van der Waals surface area contributed by atoms with Crippen molar-refractivity contribution in [1.29, 1.82) is 0 Å². The number of ether oxygens (including phenoxy) is 1. The fourth-order valence-corrected chi connectivity index (χ4v) is 1.17. The SMILES string of the molecule is CC(C)Oc1cc(C(C)CN)ccn1. The molecule has 1 aromatic heterocycles. The largest absolute Gasteiger partial charge is 0.475 e. The van der Waals surface area contributed by atoms with E-state index in [1.165, 1.54) is 5.56 Å². The average Bonchev–Trinajstić information content (AvgIpc) is 2.16. The van der Waals surface area contributed by atoms with Crippen LogP contribution in [0.25, 0.3) is 0 Å². The minimum atomic E-state index is 0.158. The summed E-state index contributed by atoms with van der Waals surface area (Å²) in [5.74, 6) is 1.03. The van der Waals surface area contributed by atoms with Crippen LogP contribution in [0, 0.1) is 0 Å². The molecule has 0 fully saturated rings. The van der Waals surface area contributed by atoms with E-state index in [0.29, 0.717) is 18.3 Å². The second-order valence-corrected chi connectivity index (χ2v) is 3.73. The molecule has 0 bridgehead atoms. The number of aromatic nitrogens is 1. The molecule has 1 atom stereocenters. The van der Waals surface area contributed by atoms with Crippen molar-refractivity contribution in [3.05, 3.63) is 23.9 Å². The van der Waals surface area contributed by atoms with Gasteiger partial charge in [-0.3, -0.25) is 0 Å². The van der Waals surface area contributed by atoms with Crippen LogP contribution < -0.4 is 10.5 Å². The average molecular weight is 194 g/mol. The van der Waals surface area contributed by atoms with E-state index in [4.69, 9.17) is 10.5 Å². The van der Waals surface area contributed by atoms with Gasteiger partial charge in [0.15, 0.2) is 0 Å². The van der Waals surface area contributed by atoms with Gasteiger partial charge in [-0.1, -0.05) is 6.92 Å². The summed E-state index contributed by atoms with van der Waals surface area (Å²) in [6.45, 7) is 6.71. The van der Waals surface area contributed by atoms with Crippen LogP contribution >= 0.6 is 0 Å². The number of hydrogen-bond acceptors (Lipinski definition) is 3. The van der Waals surface area contributed by atoms with E-state index in [1.807, 2.05) is 26.0 Å². The molecule has 0 spiro atoms. The van der Waals surface area contributed by atoms with E-state index in [2.05, 4.69) is 11.9 Å². The van der Waals surface area contributed by atoms with Crippen LogP contribution in [0.15, 0.2) is 18.3 Å². The maximum Gasteiger partial charge on any atom is 0.213 e. The lowest BCUT2D eigenvalue weighted by atomic mass is 10.0. The van der Waals surface area contributed by atoms with Crippen LogP contribution in [0.2, 0.25) is 0 Å². The van der Waals surface area contributed by atoms with Gasteiger partial charge in [0.05, 0.1) is 6.10 Å². The van der Waals surface area contributed by atoms with Crippen LogP contribution in [-0.2, 0) is 0 Å². The van der Waals surface area contributed by atoms with Gasteiger partial charge < -0.3 is 10.5 Å². The Kier molecular flexibility index (Phi) is 3.89. The van der Waals surface area contributed by atoms with Gasteiger partial charge >= 0.3 is 0 Å². The van der Waals surface area contributed by atoms with Crippen molar-refractivity contribution in [2.75, 3.05) is 6.54 Å². The van der Waals surface area contributed by atoms with Crippen LogP contribution in [0.4, 0.5) is 0 Å². The summed E-state index contributed by atoms with van der Waals surface area (Å²) in [7, 11) is 0. The third-order valence-electron chi connectivity index (χ3n) is 2.04.